The molecule has 1 aliphatic rings. The number of hydrogen-bond acceptors (Lipinski definition) is 7. The maximum atomic E-state index is 12.4. The van der Waals surface area contributed by atoms with Gasteiger partial charge in [-0.25, -0.2) is 0 Å². The molecule has 0 radical (unpaired) electrons. The Morgan fingerprint density at radius 2 is 1.57 bits per heavy atom. The summed E-state index contributed by atoms with van der Waals surface area (Å²) in [4.78, 5) is 25.8. The molecule has 1 amide bonds. The summed E-state index contributed by atoms with van der Waals surface area (Å²) >= 11 is 0. The summed E-state index contributed by atoms with van der Waals surface area (Å²) in [7, 11) is 1.70. The summed E-state index contributed by atoms with van der Waals surface area (Å²) < 4.78 is 11.4. The molecular weight excluding hydrogens is 552 g/mol. The third-order valence-corrected chi connectivity index (χ3v) is 7.79. The average molecular weight is 601 g/mol. The highest BCUT2D eigenvalue weighted by molar-refractivity contribution is 5.96. The minimum Gasteiger partial charge on any atom is -0.493 e. The van der Waals surface area contributed by atoms with Crippen molar-refractivity contribution in [3.05, 3.63) is 83.7 Å². The number of unbranched alkanes of at least 4 members (excludes halogenated alkanes) is 1. The van der Waals surface area contributed by atoms with Crippen molar-refractivity contribution < 1.29 is 14.3 Å². The molecule has 3 N–H and O–H groups in total. The van der Waals surface area contributed by atoms with Crippen LogP contribution < -0.4 is 15.8 Å². The number of carbonyl (C=O) groups excluding carboxylic acids is 1. The molecule has 1 aromatic heterocycles. The van der Waals surface area contributed by atoms with E-state index >= 15 is 0 Å². The van der Waals surface area contributed by atoms with Gasteiger partial charge >= 0.3 is 0 Å². The minimum atomic E-state index is -0.139. The van der Waals surface area contributed by atoms with Gasteiger partial charge in [-0.1, -0.05) is 49.7 Å². The number of nitrogens with zero attached hydrogens (tertiary/aromatic N) is 4. The first kappa shape index (κ1) is 33.1. The van der Waals surface area contributed by atoms with E-state index in [0.29, 0.717) is 32.6 Å². The smallest absolute Gasteiger partial charge is 0.226 e. The van der Waals surface area contributed by atoms with Gasteiger partial charge in [0.25, 0.3) is 0 Å². The standard InChI is InChI=1S/C35H48N6O3/c1-3-4-16-38-35(36)39-34(42)13-9-28-8-12-32(33(25-28)44-24-5-23-43-2)31-10-6-29(7-11-31)26-40-19-21-41(22-20-40)27-30-14-17-37-18-15-30/h6-8,10-12,14-15,17-18,25H,3-5,9,13,16,19-24,26-27H2,1-2H3,(H3,36,38,39,42). The number of nitrogens with two attached hydrogens (primary N) is 1. The second-order valence-corrected chi connectivity index (χ2v) is 11.3. The fourth-order valence-electron chi connectivity index (χ4n) is 5.23. The first-order chi connectivity index (χ1) is 21.5. The lowest BCUT2D eigenvalue weighted by molar-refractivity contribution is -0.119. The normalized spacial score (nSPS) is 14.5. The number of amides is 1. The third kappa shape index (κ3) is 11.0. The van der Waals surface area contributed by atoms with E-state index < -0.39 is 0 Å². The maximum Gasteiger partial charge on any atom is 0.226 e. The number of rotatable bonds is 16. The quantitative estimate of drug-likeness (QED) is 0.140. The van der Waals surface area contributed by atoms with Crippen molar-refractivity contribution in [2.45, 2.75) is 52.1 Å². The summed E-state index contributed by atoms with van der Waals surface area (Å²) in [6.07, 6.45) is 7.41. The van der Waals surface area contributed by atoms with Gasteiger partial charge < -0.3 is 15.2 Å². The van der Waals surface area contributed by atoms with Gasteiger partial charge in [0.05, 0.1) is 6.61 Å². The van der Waals surface area contributed by atoms with Crippen LogP contribution in [0.4, 0.5) is 0 Å². The summed E-state index contributed by atoms with van der Waals surface area (Å²) in [6, 6.07) is 19.2. The SMILES string of the molecule is CCCCN=C(N)NC(=O)CCc1ccc(-c2ccc(CN3CCN(Cc4ccncc4)CC3)cc2)c(OCCCOC)c1. The van der Waals surface area contributed by atoms with Crippen LogP contribution in [0.2, 0.25) is 0 Å². The summed E-state index contributed by atoms with van der Waals surface area (Å²) in [5.74, 6) is 0.866. The van der Waals surface area contributed by atoms with E-state index in [2.05, 4.69) is 80.5 Å². The van der Waals surface area contributed by atoms with Crippen LogP contribution in [0.3, 0.4) is 0 Å². The van der Waals surface area contributed by atoms with E-state index in [1.165, 1.54) is 11.1 Å². The van der Waals surface area contributed by atoms with E-state index in [0.717, 1.165) is 81.0 Å². The van der Waals surface area contributed by atoms with Crippen molar-refractivity contribution in [1.82, 2.24) is 20.1 Å². The summed E-state index contributed by atoms with van der Waals surface area (Å²) in [5, 5.41) is 2.69. The minimum absolute atomic E-state index is 0.139. The van der Waals surface area contributed by atoms with Crippen molar-refractivity contribution in [3.8, 4) is 16.9 Å². The number of ether oxygens (including phenoxy) is 2. The first-order valence-electron chi connectivity index (χ1n) is 15.8. The Labute approximate surface area is 262 Å². The second kappa shape index (κ2) is 18.1. The van der Waals surface area contributed by atoms with Crippen LogP contribution in [0, 0.1) is 0 Å². The number of nitrogens with one attached hydrogen (secondary N) is 1. The number of piperazine rings is 1. The van der Waals surface area contributed by atoms with Crippen molar-refractivity contribution in [3.63, 3.8) is 0 Å². The van der Waals surface area contributed by atoms with Crippen LogP contribution in [-0.2, 0) is 29.0 Å². The number of aryl methyl sites for hydroxylation is 1. The molecule has 0 spiro atoms. The fourth-order valence-corrected chi connectivity index (χ4v) is 5.23. The van der Waals surface area contributed by atoms with Crippen LogP contribution in [0.15, 0.2) is 72.0 Å². The molecule has 2 heterocycles. The van der Waals surface area contributed by atoms with Crippen LogP contribution in [0.25, 0.3) is 11.1 Å². The van der Waals surface area contributed by atoms with Gasteiger partial charge in [0.15, 0.2) is 5.96 Å². The zero-order chi connectivity index (χ0) is 31.0. The number of aliphatic imine (C=N–C) groups is 1. The Kier molecular flexibility index (Phi) is 13.6. The average Bonchev–Trinajstić information content (AvgIpc) is 3.04. The highest BCUT2D eigenvalue weighted by atomic mass is 16.5. The fraction of sp³-hybridized carbons (Fsp3) is 0.457. The first-order valence-corrected chi connectivity index (χ1v) is 15.8. The molecular formula is C35H48N6O3. The van der Waals surface area contributed by atoms with Crippen molar-refractivity contribution in [1.29, 1.82) is 0 Å². The molecule has 4 rings (SSSR count). The topological polar surface area (TPSA) is 105 Å². The van der Waals surface area contributed by atoms with Gasteiger partial charge in [-0.2, -0.15) is 0 Å². The Bertz CT molecular complexity index is 1310. The largest absolute Gasteiger partial charge is 0.493 e. The van der Waals surface area contributed by atoms with Crippen LogP contribution in [0.1, 0.15) is 49.3 Å². The molecule has 0 aliphatic carbocycles. The van der Waals surface area contributed by atoms with Crippen molar-refractivity contribution in [2.75, 3.05) is 53.0 Å². The van der Waals surface area contributed by atoms with E-state index in [1.807, 2.05) is 18.5 Å². The number of aromatic nitrogens is 1. The van der Waals surface area contributed by atoms with Gasteiger partial charge in [0.2, 0.25) is 5.91 Å². The van der Waals surface area contributed by atoms with E-state index in [1.54, 1.807) is 7.11 Å². The Morgan fingerprint density at radius 3 is 2.23 bits per heavy atom. The number of pyridine rings is 1. The lowest BCUT2D eigenvalue weighted by Crippen LogP contribution is -2.45. The Morgan fingerprint density at radius 1 is 0.909 bits per heavy atom. The zero-order valence-electron chi connectivity index (χ0n) is 26.3. The summed E-state index contributed by atoms with van der Waals surface area (Å²) in [5.41, 5.74) is 11.7. The number of methoxy groups -OCH3 is 1. The number of carbonyl (C=O) groups is 1. The molecule has 9 heteroatoms. The van der Waals surface area contributed by atoms with Crippen molar-refractivity contribution in [2.24, 2.45) is 10.7 Å². The predicted octanol–water partition coefficient (Wildman–Crippen LogP) is 4.65. The number of hydrogen-bond donors (Lipinski definition) is 2. The van der Waals surface area contributed by atoms with E-state index in [-0.39, 0.29) is 11.9 Å². The molecule has 0 atom stereocenters. The van der Waals surface area contributed by atoms with Crippen molar-refractivity contribution >= 4 is 11.9 Å². The monoisotopic (exact) mass is 600 g/mol. The molecule has 1 aliphatic heterocycles. The number of guanidine groups is 1. The molecule has 3 aromatic rings. The second-order valence-electron chi connectivity index (χ2n) is 11.3. The molecule has 0 unspecified atom stereocenters. The maximum absolute atomic E-state index is 12.4. The summed E-state index contributed by atoms with van der Waals surface area (Å²) in [6.45, 7) is 10.1. The number of benzene rings is 2. The molecule has 1 fully saturated rings. The van der Waals surface area contributed by atoms with E-state index in [4.69, 9.17) is 15.2 Å². The zero-order valence-corrected chi connectivity index (χ0v) is 26.3. The lowest BCUT2D eigenvalue weighted by Gasteiger charge is -2.34. The van der Waals surface area contributed by atoms with Gasteiger partial charge in [-0.3, -0.25) is 29.9 Å². The van der Waals surface area contributed by atoms with Crippen LogP contribution in [0.5, 0.6) is 5.75 Å². The molecule has 236 valence electrons. The molecule has 2 aromatic carbocycles. The molecule has 44 heavy (non-hydrogen) atoms. The van der Waals surface area contributed by atoms with Gasteiger partial charge in [-0.05, 0) is 53.3 Å². The van der Waals surface area contributed by atoms with Gasteiger partial charge in [-0.15, -0.1) is 0 Å². The van der Waals surface area contributed by atoms with Gasteiger partial charge in [0.1, 0.15) is 5.75 Å². The molecule has 9 nitrogen and oxygen atoms in total. The van der Waals surface area contributed by atoms with E-state index in [9.17, 15) is 4.79 Å². The third-order valence-electron chi connectivity index (χ3n) is 7.79. The predicted molar refractivity (Wildman–Crippen MR) is 177 cm³/mol. The lowest BCUT2D eigenvalue weighted by atomic mass is 9.99. The highest BCUT2D eigenvalue weighted by Crippen LogP contribution is 2.32. The Hall–Kier alpha value is -3.79. The van der Waals surface area contributed by atoms with Gasteiger partial charge in [0, 0.05) is 90.3 Å². The highest BCUT2D eigenvalue weighted by Gasteiger charge is 2.17. The molecule has 1 saturated heterocycles. The van der Waals surface area contributed by atoms with Crippen LogP contribution in [-0.4, -0.2) is 79.7 Å². The molecule has 0 bridgehead atoms. The van der Waals surface area contributed by atoms with Crippen LogP contribution >= 0.6 is 0 Å². The Balaban J connectivity index is 1.33. The molecule has 0 saturated carbocycles.